The van der Waals surface area contributed by atoms with Gasteiger partial charge < -0.3 is 4.57 Å². The Labute approximate surface area is 112 Å². The molecule has 6 nitrogen and oxygen atoms in total. The Hall–Kier alpha value is -1.15. The van der Waals surface area contributed by atoms with Crippen LogP contribution in [0.25, 0.3) is 0 Å². The first-order chi connectivity index (χ1) is 8.75. The van der Waals surface area contributed by atoms with Crippen LogP contribution < -0.4 is 4.87 Å². The maximum absolute atomic E-state index is 11.5. The van der Waals surface area contributed by atoms with Gasteiger partial charge in [0.15, 0.2) is 0 Å². The highest BCUT2D eigenvalue weighted by molar-refractivity contribution is 7.99. The summed E-state index contributed by atoms with van der Waals surface area (Å²) in [4.78, 5) is 11.7. The van der Waals surface area contributed by atoms with Gasteiger partial charge in [-0.1, -0.05) is 23.1 Å². The van der Waals surface area contributed by atoms with Gasteiger partial charge in [-0.05, 0) is 30.2 Å². The summed E-state index contributed by atoms with van der Waals surface area (Å²) in [6, 6.07) is 0.494. The van der Waals surface area contributed by atoms with Crippen molar-refractivity contribution < 1.29 is 0 Å². The molecule has 8 heteroatoms. The molecule has 0 aliphatic heterocycles. The van der Waals surface area contributed by atoms with Crippen LogP contribution in [0, 0.1) is 6.92 Å². The Morgan fingerprint density at radius 1 is 1.56 bits per heavy atom. The first-order valence-electron chi connectivity index (χ1n) is 5.81. The summed E-state index contributed by atoms with van der Waals surface area (Å²) in [6.07, 6.45) is 2.34. The number of rotatable bonds is 5. The lowest BCUT2D eigenvalue weighted by molar-refractivity contribution is 0.565. The molecule has 2 heterocycles. The Balaban J connectivity index is 1.61. The fourth-order valence-electron chi connectivity index (χ4n) is 1.73. The van der Waals surface area contributed by atoms with E-state index in [9.17, 15) is 4.79 Å². The van der Waals surface area contributed by atoms with Crippen molar-refractivity contribution in [3.63, 3.8) is 0 Å². The van der Waals surface area contributed by atoms with Crippen LogP contribution in [0.3, 0.4) is 0 Å². The van der Waals surface area contributed by atoms with Crippen LogP contribution in [-0.4, -0.2) is 30.5 Å². The molecule has 3 rings (SSSR count). The van der Waals surface area contributed by atoms with Crippen molar-refractivity contribution in [3.05, 3.63) is 20.7 Å². The Kier molecular flexibility index (Phi) is 3.21. The predicted molar refractivity (Wildman–Crippen MR) is 70.1 cm³/mol. The van der Waals surface area contributed by atoms with Crippen LogP contribution in [-0.2, 0) is 6.54 Å². The normalized spacial score (nSPS) is 15.2. The predicted octanol–water partition coefficient (Wildman–Crippen LogP) is 1.33. The largest absolute Gasteiger partial charge is 0.307 e. The molecule has 1 fully saturated rings. The Bertz CT molecular complexity index is 597. The van der Waals surface area contributed by atoms with Gasteiger partial charge in [-0.25, -0.2) is 4.68 Å². The lowest BCUT2D eigenvalue weighted by atomic mass is 10.5. The number of nitrogens with zero attached hydrogens (tertiary/aromatic N) is 5. The third-order valence-corrected chi connectivity index (χ3v) is 4.67. The molecule has 96 valence electrons. The number of tetrazole rings is 1. The van der Waals surface area contributed by atoms with E-state index in [1.165, 1.54) is 24.2 Å². The molecule has 0 aromatic carbocycles. The topological polar surface area (TPSA) is 65.6 Å². The lowest BCUT2D eigenvalue weighted by Gasteiger charge is -2.04. The van der Waals surface area contributed by atoms with Gasteiger partial charge >= 0.3 is 4.87 Å². The SMILES string of the molecule is Cc1csc(=O)n1CCSc1nnnn1C1CC1. The number of aryl methyl sites for hydroxylation is 1. The fourth-order valence-corrected chi connectivity index (χ4v) is 3.36. The van der Waals surface area contributed by atoms with E-state index in [1.54, 1.807) is 16.3 Å². The van der Waals surface area contributed by atoms with E-state index in [-0.39, 0.29) is 4.87 Å². The number of thioether (sulfide) groups is 1. The van der Waals surface area contributed by atoms with Gasteiger partial charge in [0.2, 0.25) is 5.16 Å². The molecule has 1 saturated carbocycles. The zero-order valence-electron chi connectivity index (χ0n) is 9.94. The third-order valence-electron chi connectivity index (χ3n) is 2.88. The average Bonchev–Trinajstić information content (AvgIpc) is 3.03. The number of thiazole rings is 1. The van der Waals surface area contributed by atoms with Crippen molar-refractivity contribution in [2.24, 2.45) is 0 Å². The van der Waals surface area contributed by atoms with Crippen LogP contribution in [0.1, 0.15) is 24.6 Å². The van der Waals surface area contributed by atoms with Gasteiger partial charge in [0.05, 0.1) is 6.04 Å². The second kappa shape index (κ2) is 4.85. The van der Waals surface area contributed by atoms with Crippen molar-refractivity contribution in [1.82, 2.24) is 24.8 Å². The molecule has 0 saturated heterocycles. The highest BCUT2D eigenvalue weighted by atomic mass is 32.2. The summed E-state index contributed by atoms with van der Waals surface area (Å²) in [7, 11) is 0. The van der Waals surface area contributed by atoms with Crippen LogP contribution in [0.4, 0.5) is 0 Å². The van der Waals surface area contributed by atoms with Gasteiger partial charge in [-0.3, -0.25) is 4.79 Å². The number of hydrogen-bond donors (Lipinski definition) is 0. The molecule has 1 aliphatic rings. The molecule has 0 unspecified atom stereocenters. The van der Waals surface area contributed by atoms with E-state index in [0.29, 0.717) is 12.6 Å². The minimum absolute atomic E-state index is 0.106. The highest BCUT2D eigenvalue weighted by Crippen LogP contribution is 2.36. The molecular formula is C10H13N5OS2. The molecule has 0 N–H and O–H groups in total. The summed E-state index contributed by atoms with van der Waals surface area (Å²) in [5.41, 5.74) is 1.02. The Morgan fingerprint density at radius 2 is 2.39 bits per heavy atom. The molecular weight excluding hydrogens is 270 g/mol. The summed E-state index contributed by atoms with van der Waals surface area (Å²) in [6.45, 7) is 2.66. The molecule has 2 aromatic rings. The standard InChI is InChI=1S/C10H13N5OS2/c1-7-6-18-10(16)14(7)4-5-17-9-11-12-13-15(9)8-2-3-8/h6,8H,2-5H2,1H3. The van der Waals surface area contributed by atoms with Gasteiger partial charge in [0, 0.05) is 23.4 Å². The minimum atomic E-state index is 0.106. The van der Waals surface area contributed by atoms with Gasteiger partial charge in [0.25, 0.3) is 0 Å². The summed E-state index contributed by atoms with van der Waals surface area (Å²) >= 11 is 2.86. The van der Waals surface area contributed by atoms with Crippen molar-refractivity contribution >= 4 is 23.1 Å². The zero-order chi connectivity index (χ0) is 12.5. The molecule has 0 spiro atoms. The van der Waals surface area contributed by atoms with E-state index >= 15 is 0 Å². The van der Waals surface area contributed by atoms with Crippen molar-refractivity contribution in [3.8, 4) is 0 Å². The summed E-state index contributed by atoms with van der Waals surface area (Å²) < 4.78 is 3.69. The van der Waals surface area contributed by atoms with Crippen molar-refractivity contribution in [1.29, 1.82) is 0 Å². The average molecular weight is 283 g/mol. The third kappa shape index (κ3) is 2.35. The molecule has 0 radical (unpaired) electrons. The van der Waals surface area contributed by atoms with Gasteiger partial charge in [-0.15, -0.1) is 5.10 Å². The summed E-state index contributed by atoms with van der Waals surface area (Å²) in [5, 5.41) is 14.5. The fraction of sp³-hybridized carbons (Fsp3) is 0.600. The van der Waals surface area contributed by atoms with Gasteiger partial charge in [-0.2, -0.15) is 0 Å². The van der Waals surface area contributed by atoms with Crippen LogP contribution in [0.5, 0.6) is 0 Å². The van der Waals surface area contributed by atoms with Crippen molar-refractivity contribution in [2.75, 3.05) is 5.75 Å². The molecule has 2 aromatic heterocycles. The lowest BCUT2D eigenvalue weighted by Crippen LogP contribution is -2.16. The van der Waals surface area contributed by atoms with E-state index in [0.717, 1.165) is 16.6 Å². The van der Waals surface area contributed by atoms with E-state index < -0.39 is 0 Å². The van der Waals surface area contributed by atoms with Crippen LogP contribution in [0.15, 0.2) is 15.3 Å². The zero-order valence-corrected chi connectivity index (χ0v) is 11.6. The first kappa shape index (κ1) is 11.9. The van der Waals surface area contributed by atoms with E-state index in [1.807, 2.05) is 17.0 Å². The molecule has 18 heavy (non-hydrogen) atoms. The summed E-state index contributed by atoms with van der Waals surface area (Å²) in [5.74, 6) is 0.810. The maximum atomic E-state index is 11.5. The first-order valence-corrected chi connectivity index (χ1v) is 7.68. The molecule has 1 aliphatic carbocycles. The maximum Gasteiger partial charge on any atom is 0.307 e. The smallest absolute Gasteiger partial charge is 0.303 e. The Morgan fingerprint density at radius 3 is 3.06 bits per heavy atom. The van der Waals surface area contributed by atoms with Gasteiger partial charge in [0.1, 0.15) is 0 Å². The highest BCUT2D eigenvalue weighted by Gasteiger charge is 2.27. The molecule has 0 amide bonds. The molecule has 0 atom stereocenters. The van der Waals surface area contributed by atoms with Crippen LogP contribution >= 0.6 is 23.1 Å². The second-order valence-electron chi connectivity index (χ2n) is 4.28. The minimum Gasteiger partial charge on any atom is -0.303 e. The van der Waals surface area contributed by atoms with E-state index in [2.05, 4.69) is 15.5 Å². The number of hydrogen-bond acceptors (Lipinski definition) is 6. The monoisotopic (exact) mass is 283 g/mol. The van der Waals surface area contributed by atoms with Crippen LogP contribution in [0.2, 0.25) is 0 Å². The van der Waals surface area contributed by atoms with Crippen molar-refractivity contribution in [2.45, 2.75) is 37.5 Å². The number of aromatic nitrogens is 5. The molecule has 0 bridgehead atoms. The van der Waals surface area contributed by atoms with E-state index in [4.69, 9.17) is 0 Å². The second-order valence-corrected chi connectivity index (χ2v) is 6.16. The quantitative estimate of drug-likeness (QED) is 0.775.